The van der Waals surface area contributed by atoms with Crippen LogP contribution in [0.25, 0.3) is 6.08 Å². The number of benzene rings is 1. The van der Waals surface area contributed by atoms with Crippen LogP contribution in [-0.2, 0) is 9.59 Å². The van der Waals surface area contributed by atoms with Crippen molar-refractivity contribution >= 4 is 33.8 Å². The molecular weight excluding hydrogens is 286 g/mol. The van der Waals surface area contributed by atoms with E-state index in [0.29, 0.717) is 11.3 Å². The van der Waals surface area contributed by atoms with Gasteiger partial charge in [0.2, 0.25) is 5.91 Å². The van der Waals surface area contributed by atoms with Crippen LogP contribution in [-0.4, -0.2) is 18.9 Å². The third kappa shape index (κ3) is 2.55. The molecule has 17 heavy (non-hydrogen) atoms. The van der Waals surface area contributed by atoms with Crippen LogP contribution in [0.5, 0.6) is 5.75 Å². The van der Waals surface area contributed by atoms with Gasteiger partial charge in [-0.3, -0.25) is 14.9 Å². The Morgan fingerprint density at radius 3 is 2.76 bits per heavy atom. The van der Waals surface area contributed by atoms with E-state index in [2.05, 4.69) is 21.2 Å². The first kappa shape index (κ1) is 11.9. The molecule has 0 aliphatic carbocycles. The molecule has 1 aromatic rings. The number of amides is 2. The van der Waals surface area contributed by atoms with Gasteiger partial charge in [-0.2, -0.15) is 0 Å². The van der Waals surface area contributed by atoms with Gasteiger partial charge in [0.25, 0.3) is 5.91 Å². The minimum atomic E-state index is -0.329. The van der Waals surface area contributed by atoms with Crippen molar-refractivity contribution in [1.82, 2.24) is 5.32 Å². The highest BCUT2D eigenvalue weighted by Gasteiger charge is 2.23. The molecule has 1 heterocycles. The van der Waals surface area contributed by atoms with Gasteiger partial charge in [-0.05, 0) is 29.8 Å². The number of hydrogen-bond donors (Lipinski definition) is 1. The van der Waals surface area contributed by atoms with Crippen molar-refractivity contribution in [2.24, 2.45) is 0 Å². The van der Waals surface area contributed by atoms with Crippen molar-refractivity contribution in [2.45, 2.75) is 6.42 Å². The van der Waals surface area contributed by atoms with Crippen LogP contribution in [0.4, 0.5) is 0 Å². The fraction of sp³-hybridized carbons (Fsp3) is 0.167. The predicted octanol–water partition coefficient (Wildman–Crippen LogP) is 1.89. The van der Waals surface area contributed by atoms with Crippen LogP contribution in [0.15, 0.2) is 28.2 Å². The Morgan fingerprint density at radius 1 is 1.41 bits per heavy atom. The number of carbonyl (C=O) groups excluding carboxylic acids is 2. The number of carbonyl (C=O) groups is 2. The highest BCUT2D eigenvalue weighted by molar-refractivity contribution is 9.10. The maximum Gasteiger partial charge on any atom is 0.254 e. The molecule has 1 fully saturated rings. The maximum absolute atomic E-state index is 11.4. The summed E-state index contributed by atoms with van der Waals surface area (Å²) < 4.78 is 5.95. The van der Waals surface area contributed by atoms with Gasteiger partial charge in [-0.25, -0.2) is 0 Å². The minimum absolute atomic E-state index is 0.127. The largest absolute Gasteiger partial charge is 0.497 e. The van der Waals surface area contributed by atoms with E-state index in [1.54, 1.807) is 19.3 Å². The van der Waals surface area contributed by atoms with E-state index in [1.807, 2.05) is 12.1 Å². The highest BCUT2D eigenvalue weighted by atomic mass is 79.9. The lowest BCUT2D eigenvalue weighted by atomic mass is 10.1. The lowest BCUT2D eigenvalue weighted by molar-refractivity contribution is -0.124. The Morgan fingerprint density at radius 2 is 2.18 bits per heavy atom. The zero-order valence-corrected chi connectivity index (χ0v) is 10.7. The lowest BCUT2D eigenvalue weighted by Gasteiger charge is -2.03. The number of halogens is 1. The number of hydrogen-bond acceptors (Lipinski definition) is 3. The van der Waals surface area contributed by atoms with E-state index in [4.69, 9.17) is 4.74 Å². The van der Waals surface area contributed by atoms with Gasteiger partial charge in [-0.1, -0.05) is 15.9 Å². The van der Waals surface area contributed by atoms with Crippen LogP contribution in [0.1, 0.15) is 12.0 Å². The van der Waals surface area contributed by atoms with Gasteiger partial charge in [-0.15, -0.1) is 0 Å². The van der Waals surface area contributed by atoms with Crippen LogP contribution < -0.4 is 10.1 Å². The third-order valence-corrected chi connectivity index (χ3v) is 3.15. The van der Waals surface area contributed by atoms with E-state index < -0.39 is 0 Å². The monoisotopic (exact) mass is 295 g/mol. The van der Waals surface area contributed by atoms with Gasteiger partial charge >= 0.3 is 0 Å². The van der Waals surface area contributed by atoms with Crippen molar-refractivity contribution < 1.29 is 14.3 Å². The molecule has 0 saturated carbocycles. The molecule has 1 N–H and O–H groups in total. The average molecular weight is 296 g/mol. The van der Waals surface area contributed by atoms with E-state index in [0.717, 1.165) is 10.0 Å². The summed E-state index contributed by atoms with van der Waals surface area (Å²) in [6.07, 6.45) is 1.81. The van der Waals surface area contributed by atoms with Crippen molar-refractivity contribution in [1.29, 1.82) is 0 Å². The Bertz CT molecular complexity index is 522. The lowest BCUT2D eigenvalue weighted by Crippen LogP contribution is -2.19. The maximum atomic E-state index is 11.4. The van der Waals surface area contributed by atoms with Crippen molar-refractivity contribution in [3.05, 3.63) is 33.8 Å². The molecule has 0 bridgehead atoms. The molecule has 2 rings (SSSR count). The minimum Gasteiger partial charge on any atom is -0.497 e. The fourth-order valence-corrected chi connectivity index (χ4v) is 1.93. The first-order valence-electron chi connectivity index (χ1n) is 4.98. The second kappa shape index (κ2) is 4.71. The zero-order valence-electron chi connectivity index (χ0n) is 9.12. The fourth-order valence-electron chi connectivity index (χ4n) is 1.57. The van der Waals surface area contributed by atoms with Gasteiger partial charge in [0.05, 0.1) is 13.5 Å². The molecule has 4 nitrogen and oxygen atoms in total. The molecule has 2 amide bonds. The van der Waals surface area contributed by atoms with E-state index in [1.165, 1.54) is 0 Å². The normalized spacial score (nSPS) is 17.4. The molecule has 1 aliphatic heterocycles. The Kier molecular flexibility index (Phi) is 3.28. The summed E-state index contributed by atoms with van der Waals surface area (Å²) in [5, 5.41) is 2.24. The summed E-state index contributed by atoms with van der Waals surface area (Å²) >= 11 is 3.39. The Hall–Kier alpha value is -1.62. The summed E-state index contributed by atoms with van der Waals surface area (Å²) in [5.74, 6) is 0.106. The zero-order chi connectivity index (χ0) is 12.4. The topological polar surface area (TPSA) is 55.4 Å². The van der Waals surface area contributed by atoms with Crippen LogP contribution in [0.2, 0.25) is 0 Å². The number of methoxy groups -OCH3 is 1. The molecule has 0 aromatic heterocycles. The van der Waals surface area contributed by atoms with E-state index >= 15 is 0 Å². The molecule has 0 spiro atoms. The first-order valence-corrected chi connectivity index (χ1v) is 5.78. The summed E-state index contributed by atoms with van der Waals surface area (Å²) in [6.45, 7) is 0. The molecule has 1 saturated heterocycles. The average Bonchev–Trinajstić information content (AvgIpc) is 2.60. The molecule has 5 heteroatoms. The third-order valence-electron chi connectivity index (χ3n) is 2.43. The summed E-state index contributed by atoms with van der Waals surface area (Å²) in [5.41, 5.74) is 1.27. The quantitative estimate of drug-likeness (QED) is 0.670. The Balaban J connectivity index is 2.38. The summed E-state index contributed by atoms with van der Waals surface area (Å²) in [7, 11) is 1.58. The van der Waals surface area contributed by atoms with Crippen molar-refractivity contribution in [2.75, 3.05) is 7.11 Å². The first-order chi connectivity index (χ1) is 8.10. The summed E-state index contributed by atoms with van der Waals surface area (Å²) in [6, 6.07) is 5.44. The van der Waals surface area contributed by atoms with Gasteiger partial charge < -0.3 is 4.74 Å². The Labute approximate surface area is 107 Å². The van der Waals surface area contributed by atoms with E-state index in [-0.39, 0.29) is 18.2 Å². The molecule has 0 atom stereocenters. The van der Waals surface area contributed by atoms with Gasteiger partial charge in [0.1, 0.15) is 5.75 Å². The number of nitrogens with one attached hydrogen (secondary N) is 1. The number of rotatable bonds is 2. The number of ether oxygens (including phenoxy) is 1. The predicted molar refractivity (Wildman–Crippen MR) is 66.4 cm³/mol. The highest BCUT2D eigenvalue weighted by Crippen LogP contribution is 2.26. The van der Waals surface area contributed by atoms with E-state index in [9.17, 15) is 9.59 Å². The molecule has 88 valence electrons. The molecule has 1 aliphatic rings. The second-order valence-electron chi connectivity index (χ2n) is 3.61. The second-order valence-corrected chi connectivity index (χ2v) is 4.47. The molecule has 0 unspecified atom stereocenters. The number of imide groups is 1. The molecule has 1 aromatic carbocycles. The standard InChI is InChI=1S/C12H10BrNO3/c1-17-9-2-3-10(13)7(5-9)4-8-6-11(15)14-12(8)16/h2-5H,6H2,1H3,(H,14,15,16)/b8-4-. The molecule has 0 radical (unpaired) electrons. The SMILES string of the molecule is COc1ccc(Br)c(/C=C2/CC(=O)NC2=O)c1. The van der Waals surface area contributed by atoms with Crippen LogP contribution >= 0.6 is 15.9 Å². The van der Waals surface area contributed by atoms with Gasteiger partial charge in [0.15, 0.2) is 0 Å². The molecular formula is C12H10BrNO3. The smallest absolute Gasteiger partial charge is 0.254 e. The summed E-state index contributed by atoms with van der Waals surface area (Å²) in [4.78, 5) is 22.5. The van der Waals surface area contributed by atoms with Gasteiger partial charge in [0, 0.05) is 10.0 Å². The van der Waals surface area contributed by atoms with Crippen LogP contribution in [0.3, 0.4) is 0 Å². The van der Waals surface area contributed by atoms with Crippen molar-refractivity contribution in [3.63, 3.8) is 0 Å². The van der Waals surface area contributed by atoms with Crippen LogP contribution in [0, 0.1) is 0 Å². The van der Waals surface area contributed by atoms with Crippen molar-refractivity contribution in [3.8, 4) is 5.75 Å².